The van der Waals surface area contributed by atoms with Crippen LogP contribution in [0, 0.1) is 5.41 Å². The third kappa shape index (κ3) is 5.49. The van der Waals surface area contributed by atoms with Crippen LogP contribution in [0.25, 0.3) is 0 Å². The fourth-order valence-electron chi connectivity index (χ4n) is 1.64. The van der Waals surface area contributed by atoms with Crippen molar-refractivity contribution in [3.05, 3.63) is 18.0 Å². The number of methoxy groups -OCH3 is 1. The molecule has 1 aromatic heterocycles. The summed E-state index contributed by atoms with van der Waals surface area (Å²) in [5.74, 6) is -0.337. The number of carbonyl (C=O) groups is 1. The predicted molar refractivity (Wildman–Crippen MR) is 79.5 cm³/mol. The summed E-state index contributed by atoms with van der Waals surface area (Å²) in [5, 5.41) is 7.89. The first kappa shape index (κ1) is 17.7. The van der Waals surface area contributed by atoms with E-state index in [4.69, 9.17) is 9.88 Å². The van der Waals surface area contributed by atoms with Gasteiger partial charge in [-0.05, 0) is 11.5 Å². The number of carbonyl (C=O) groups excluding carboxylic acids is 1. The summed E-state index contributed by atoms with van der Waals surface area (Å²) < 4.78 is 29.3. The second kappa shape index (κ2) is 6.59. The summed E-state index contributed by atoms with van der Waals surface area (Å²) in [6, 6.07) is 1.28. The van der Waals surface area contributed by atoms with Gasteiger partial charge in [-0.25, -0.2) is 13.6 Å². The maximum Gasteiger partial charge on any atom is 0.267 e. The lowest BCUT2D eigenvalue weighted by atomic mass is 9.97. The molecule has 0 atom stereocenters. The van der Waals surface area contributed by atoms with Crippen LogP contribution in [-0.4, -0.2) is 39.2 Å². The molecule has 3 N–H and O–H groups in total. The molecule has 0 fully saturated rings. The molecule has 0 aliphatic carbocycles. The Morgan fingerprint density at radius 3 is 2.52 bits per heavy atom. The summed E-state index contributed by atoms with van der Waals surface area (Å²) in [5.41, 5.74) is 0.183. The van der Waals surface area contributed by atoms with Crippen LogP contribution in [0.4, 0.5) is 0 Å². The highest BCUT2D eigenvalue weighted by atomic mass is 32.2. The Hall–Kier alpha value is -1.38. The van der Waals surface area contributed by atoms with Crippen molar-refractivity contribution in [3.63, 3.8) is 0 Å². The van der Waals surface area contributed by atoms with Gasteiger partial charge in [0.15, 0.2) is 0 Å². The zero-order chi connectivity index (χ0) is 16.3. The highest BCUT2D eigenvalue weighted by Gasteiger charge is 2.20. The van der Waals surface area contributed by atoms with Gasteiger partial charge in [0.25, 0.3) is 5.91 Å². The van der Waals surface area contributed by atoms with Gasteiger partial charge in [-0.15, -0.1) is 0 Å². The van der Waals surface area contributed by atoms with Crippen molar-refractivity contribution < 1.29 is 17.9 Å². The molecule has 0 saturated heterocycles. The average Bonchev–Trinajstić information content (AvgIpc) is 2.76. The van der Waals surface area contributed by atoms with Gasteiger partial charge in [0.2, 0.25) is 10.0 Å². The second-order valence-electron chi connectivity index (χ2n) is 6.04. The molecule has 0 aliphatic heterocycles. The Balaban J connectivity index is 3.02. The van der Waals surface area contributed by atoms with E-state index in [0.29, 0.717) is 19.7 Å². The van der Waals surface area contributed by atoms with E-state index in [2.05, 4.69) is 5.32 Å². The van der Waals surface area contributed by atoms with Crippen LogP contribution >= 0.6 is 0 Å². The molecule has 0 aromatic carbocycles. The molecule has 0 aliphatic rings. The minimum absolute atomic E-state index is 0.0671. The molecular formula is C13H23N3O4S. The Bertz CT molecular complexity index is 599. The van der Waals surface area contributed by atoms with Gasteiger partial charge in [0.05, 0.1) is 6.61 Å². The maximum absolute atomic E-state index is 12.2. The number of nitrogens with one attached hydrogen (secondary N) is 1. The molecule has 0 bridgehead atoms. The molecule has 0 radical (unpaired) electrons. The summed E-state index contributed by atoms with van der Waals surface area (Å²) in [6.45, 7) is 7.18. The summed E-state index contributed by atoms with van der Waals surface area (Å²) >= 11 is 0. The van der Waals surface area contributed by atoms with E-state index in [1.165, 1.54) is 23.9 Å². The van der Waals surface area contributed by atoms with Crippen LogP contribution in [-0.2, 0) is 21.3 Å². The topological polar surface area (TPSA) is 103 Å². The summed E-state index contributed by atoms with van der Waals surface area (Å²) in [7, 11) is -2.32. The number of ether oxygens (including phenoxy) is 1. The number of nitrogens with two attached hydrogens (primary N) is 1. The van der Waals surface area contributed by atoms with Crippen molar-refractivity contribution in [1.82, 2.24) is 9.88 Å². The number of hydrogen-bond donors (Lipinski definition) is 2. The first-order valence-electron chi connectivity index (χ1n) is 6.55. The van der Waals surface area contributed by atoms with Gasteiger partial charge < -0.3 is 14.6 Å². The van der Waals surface area contributed by atoms with Crippen LogP contribution in [0.1, 0.15) is 31.3 Å². The number of amides is 1. The van der Waals surface area contributed by atoms with Gasteiger partial charge in [0, 0.05) is 26.4 Å². The Kier molecular flexibility index (Phi) is 5.54. The molecule has 21 heavy (non-hydrogen) atoms. The van der Waals surface area contributed by atoms with E-state index >= 15 is 0 Å². The van der Waals surface area contributed by atoms with Crippen molar-refractivity contribution >= 4 is 15.9 Å². The molecule has 1 amide bonds. The standard InChI is InChI=1S/C13H23N3O4S/c1-13(2,3)9-15-12(17)11-7-10(21(14,18)19)8-16(11)5-6-20-4/h7-8H,5-6,9H2,1-4H3,(H,15,17)(H2,14,18,19). The lowest BCUT2D eigenvalue weighted by molar-refractivity contribution is 0.0927. The molecule has 1 rings (SSSR count). The van der Waals surface area contributed by atoms with Crippen molar-refractivity contribution in [2.75, 3.05) is 20.3 Å². The van der Waals surface area contributed by atoms with Crippen LogP contribution in [0.2, 0.25) is 0 Å². The van der Waals surface area contributed by atoms with E-state index in [1.807, 2.05) is 20.8 Å². The highest BCUT2D eigenvalue weighted by molar-refractivity contribution is 7.89. The van der Waals surface area contributed by atoms with Gasteiger partial charge in [-0.1, -0.05) is 20.8 Å². The minimum Gasteiger partial charge on any atom is -0.383 e. The molecular weight excluding hydrogens is 294 g/mol. The fourth-order valence-corrected chi connectivity index (χ4v) is 2.19. The first-order valence-corrected chi connectivity index (χ1v) is 8.09. The summed E-state index contributed by atoms with van der Waals surface area (Å²) in [4.78, 5) is 12.1. The van der Waals surface area contributed by atoms with Crippen molar-refractivity contribution in [2.24, 2.45) is 10.6 Å². The number of nitrogens with zero attached hydrogens (tertiary/aromatic N) is 1. The molecule has 0 saturated carbocycles. The van der Waals surface area contributed by atoms with Crippen molar-refractivity contribution in [2.45, 2.75) is 32.2 Å². The van der Waals surface area contributed by atoms with Crippen molar-refractivity contribution in [1.29, 1.82) is 0 Å². The van der Waals surface area contributed by atoms with E-state index < -0.39 is 10.0 Å². The number of rotatable bonds is 6. The molecule has 0 unspecified atom stereocenters. The molecule has 8 heteroatoms. The molecule has 120 valence electrons. The van der Waals surface area contributed by atoms with Gasteiger partial charge in [-0.2, -0.15) is 0 Å². The third-order valence-corrected chi connectivity index (χ3v) is 3.63. The van der Waals surface area contributed by atoms with Gasteiger partial charge in [0.1, 0.15) is 10.6 Å². The quantitative estimate of drug-likeness (QED) is 0.800. The zero-order valence-corrected chi connectivity index (χ0v) is 13.7. The van der Waals surface area contributed by atoms with Crippen LogP contribution in [0.15, 0.2) is 17.2 Å². The average molecular weight is 317 g/mol. The van der Waals surface area contributed by atoms with E-state index in [-0.39, 0.29) is 21.9 Å². The Morgan fingerprint density at radius 1 is 1.43 bits per heavy atom. The molecule has 1 heterocycles. The molecule has 1 aromatic rings. The molecule has 7 nitrogen and oxygen atoms in total. The van der Waals surface area contributed by atoms with Gasteiger partial charge in [-0.3, -0.25) is 4.79 Å². The lowest BCUT2D eigenvalue weighted by Crippen LogP contribution is -2.33. The number of primary sulfonamides is 1. The number of sulfonamides is 1. The Morgan fingerprint density at radius 2 is 2.05 bits per heavy atom. The number of aromatic nitrogens is 1. The zero-order valence-electron chi connectivity index (χ0n) is 12.8. The van der Waals surface area contributed by atoms with Crippen LogP contribution in [0.3, 0.4) is 0 Å². The lowest BCUT2D eigenvalue weighted by Gasteiger charge is -2.19. The maximum atomic E-state index is 12.2. The minimum atomic E-state index is -3.85. The summed E-state index contributed by atoms with van der Waals surface area (Å²) in [6.07, 6.45) is 1.35. The van der Waals surface area contributed by atoms with E-state index in [1.54, 1.807) is 0 Å². The largest absolute Gasteiger partial charge is 0.383 e. The predicted octanol–water partition coefficient (Wildman–Crippen LogP) is 0.558. The molecule has 0 spiro atoms. The van der Waals surface area contributed by atoms with Crippen LogP contribution in [0.5, 0.6) is 0 Å². The van der Waals surface area contributed by atoms with E-state index in [9.17, 15) is 13.2 Å². The third-order valence-electron chi connectivity index (χ3n) is 2.75. The van der Waals surface area contributed by atoms with Crippen LogP contribution < -0.4 is 10.5 Å². The normalized spacial score (nSPS) is 12.4. The second-order valence-corrected chi connectivity index (χ2v) is 7.60. The number of hydrogen-bond acceptors (Lipinski definition) is 4. The smallest absolute Gasteiger partial charge is 0.267 e. The Labute approximate surface area is 125 Å². The monoisotopic (exact) mass is 317 g/mol. The fraction of sp³-hybridized carbons (Fsp3) is 0.615. The van der Waals surface area contributed by atoms with Crippen molar-refractivity contribution in [3.8, 4) is 0 Å². The van der Waals surface area contributed by atoms with Gasteiger partial charge >= 0.3 is 0 Å². The first-order chi connectivity index (χ1) is 9.54. The highest BCUT2D eigenvalue weighted by Crippen LogP contribution is 2.15. The SMILES string of the molecule is COCCn1cc(S(N)(=O)=O)cc1C(=O)NCC(C)(C)C. The van der Waals surface area contributed by atoms with E-state index in [0.717, 1.165) is 0 Å².